The number of hydrogen-bond donors (Lipinski definition) is 2. The van der Waals surface area contributed by atoms with Crippen LogP contribution in [0.1, 0.15) is 27.3 Å². The minimum atomic E-state index is -0.261. The first-order valence-electron chi connectivity index (χ1n) is 9.07. The number of aryl methyl sites for hydroxylation is 1. The third kappa shape index (κ3) is 5.63. The van der Waals surface area contributed by atoms with Crippen molar-refractivity contribution in [2.75, 3.05) is 11.1 Å². The summed E-state index contributed by atoms with van der Waals surface area (Å²) in [6.07, 6.45) is 0.620. The highest BCUT2D eigenvalue weighted by Crippen LogP contribution is 2.18. The predicted octanol–water partition coefficient (Wildman–Crippen LogP) is 3.31. The smallest absolute Gasteiger partial charge is 0.255 e. The Hall–Kier alpha value is -3.71. The first-order valence-corrected chi connectivity index (χ1v) is 9.07. The van der Waals surface area contributed by atoms with Crippen molar-refractivity contribution in [1.82, 2.24) is 10.0 Å². The number of nitrogen functional groups attached to an aromatic ring is 1. The van der Waals surface area contributed by atoms with E-state index >= 15 is 0 Å². The zero-order valence-electron chi connectivity index (χ0n) is 16.0. The topological polar surface area (TPSA) is 97.5 Å². The first-order chi connectivity index (χ1) is 14.0. The molecular formula is C22H22N4O3. The van der Waals surface area contributed by atoms with Crippen molar-refractivity contribution in [3.63, 3.8) is 0 Å². The van der Waals surface area contributed by atoms with Crippen molar-refractivity contribution < 1.29 is 14.4 Å². The molecule has 3 aromatic rings. The van der Waals surface area contributed by atoms with E-state index < -0.39 is 0 Å². The molecule has 0 aliphatic carbocycles. The van der Waals surface area contributed by atoms with Gasteiger partial charge < -0.3 is 11.1 Å². The molecule has 148 valence electrons. The Morgan fingerprint density at radius 1 is 1.10 bits per heavy atom. The monoisotopic (exact) mass is 390 g/mol. The van der Waals surface area contributed by atoms with Crippen LogP contribution in [-0.2, 0) is 22.8 Å². The van der Waals surface area contributed by atoms with Crippen LogP contribution < -0.4 is 11.1 Å². The van der Waals surface area contributed by atoms with E-state index in [9.17, 15) is 9.59 Å². The number of carbonyl (C=O) groups excluding carboxylic acids is 2. The Morgan fingerprint density at radius 3 is 2.55 bits per heavy atom. The van der Waals surface area contributed by atoms with Crippen molar-refractivity contribution >= 4 is 23.7 Å². The minimum absolute atomic E-state index is 0.194. The summed E-state index contributed by atoms with van der Waals surface area (Å²) in [5, 5.41) is 3.98. The number of aromatic nitrogens is 1. The van der Waals surface area contributed by atoms with E-state index in [-0.39, 0.29) is 19.1 Å². The van der Waals surface area contributed by atoms with Crippen molar-refractivity contribution in [3.05, 3.63) is 89.2 Å². The van der Waals surface area contributed by atoms with Gasteiger partial charge in [-0.2, -0.15) is 0 Å². The summed E-state index contributed by atoms with van der Waals surface area (Å²) in [6.45, 7) is 2.34. The highest BCUT2D eigenvalue weighted by Gasteiger charge is 2.10. The van der Waals surface area contributed by atoms with Gasteiger partial charge in [0, 0.05) is 11.3 Å². The molecule has 0 unspecified atom stereocenters. The summed E-state index contributed by atoms with van der Waals surface area (Å²) in [4.78, 5) is 33.5. The molecule has 1 aromatic heterocycles. The van der Waals surface area contributed by atoms with Gasteiger partial charge in [0.1, 0.15) is 6.61 Å². The number of nitrogens with zero attached hydrogens (tertiary/aromatic N) is 2. The molecule has 3 N–H and O–H groups in total. The maximum absolute atomic E-state index is 12.4. The number of pyridine rings is 1. The molecule has 0 saturated carbocycles. The number of nitrogens with two attached hydrogens (primary N) is 1. The number of para-hydroxylation sites is 2. The number of carbonyl (C=O) groups is 2. The normalized spacial score (nSPS) is 10.4. The summed E-state index contributed by atoms with van der Waals surface area (Å²) in [6, 6.07) is 19.6. The van der Waals surface area contributed by atoms with Crippen LogP contribution in [0.2, 0.25) is 0 Å². The third-order valence-electron chi connectivity index (χ3n) is 4.21. The van der Waals surface area contributed by atoms with Crippen LogP contribution in [0.15, 0.2) is 66.7 Å². The van der Waals surface area contributed by atoms with Crippen LogP contribution in [0.3, 0.4) is 0 Å². The molecule has 0 atom stereocenters. The third-order valence-corrected chi connectivity index (χ3v) is 4.21. The highest BCUT2D eigenvalue weighted by molar-refractivity contribution is 6.05. The van der Waals surface area contributed by atoms with E-state index in [1.807, 2.05) is 25.1 Å². The van der Waals surface area contributed by atoms with Crippen LogP contribution in [0.4, 0.5) is 11.4 Å². The van der Waals surface area contributed by atoms with Crippen molar-refractivity contribution in [1.29, 1.82) is 0 Å². The molecular weight excluding hydrogens is 368 g/mol. The van der Waals surface area contributed by atoms with Crippen LogP contribution in [0, 0.1) is 6.92 Å². The number of hydrogen-bond acceptors (Lipinski definition) is 5. The summed E-state index contributed by atoms with van der Waals surface area (Å²) in [5.41, 5.74) is 9.84. The second kappa shape index (κ2) is 9.48. The zero-order valence-corrected chi connectivity index (χ0v) is 16.0. The Kier molecular flexibility index (Phi) is 6.55. The summed E-state index contributed by atoms with van der Waals surface area (Å²) in [5.74, 6) is -0.261. The fraction of sp³-hybridized carbons (Fsp3) is 0.136. The standard InChI is InChI=1S/C22H22N4O3/c1-16-5-4-6-19(24-16)14-29-26(15-27)13-17-9-11-18(12-10-17)22(28)25-21-8-3-2-7-20(21)23/h2-12,15H,13-14,23H2,1H3,(H,25,28). The van der Waals surface area contributed by atoms with Crippen LogP contribution >= 0.6 is 0 Å². The van der Waals surface area contributed by atoms with Crippen LogP contribution in [0.5, 0.6) is 0 Å². The quantitative estimate of drug-likeness (QED) is 0.349. The van der Waals surface area contributed by atoms with E-state index in [0.29, 0.717) is 23.3 Å². The number of benzene rings is 2. The van der Waals surface area contributed by atoms with Gasteiger partial charge in [0.2, 0.25) is 6.41 Å². The molecule has 2 aromatic carbocycles. The van der Waals surface area contributed by atoms with Gasteiger partial charge in [-0.3, -0.25) is 19.4 Å². The fourth-order valence-corrected chi connectivity index (χ4v) is 2.69. The Balaban J connectivity index is 1.58. The number of nitrogens with one attached hydrogen (secondary N) is 1. The molecule has 0 spiro atoms. The molecule has 3 rings (SSSR count). The van der Waals surface area contributed by atoms with E-state index in [0.717, 1.165) is 17.0 Å². The number of amides is 2. The lowest BCUT2D eigenvalue weighted by atomic mass is 10.1. The maximum Gasteiger partial charge on any atom is 0.255 e. The van der Waals surface area contributed by atoms with Gasteiger partial charge in [0.05, 0.1) is 23.6 Å². The van der Waals surface area contributed by atoms with Crippen LogP contribution in [0.25, 0.3) is 0 Å². The average Bonchev–Trinajstić information content (AvgIpc) is 2.73. The lowest BCUT2D eigenvalue weighted by Crippen LogP contribution is -2.22. The van der Waals surface area contributed by atoms with Crippen molar-refractivity contribution in [2.24, 2.45) is 0 Å². The molecule has 0 aliphatic rings. The van der Waals surface area contributed by atoms with Gasteiger partial charge in [-0.1, -0.05) is 30.3 Å². The van der Waals surface area contributed by atoms with E-state index in [4.69, 9.17) is 10.6 Å². The summed E-state index contributed by atoms with van der Waals surface area (Å²) >= 11 is 0. The minimum Gasteiger partial charge on any atom is -0.397 e. The van der Waals surface area contributed by atoms with Gasteiger partial charge in [-0.05, 0) is 48.9 Å². The first kappa shape index (κ1) is 20.0. The molecule has 7 nitrogen and oxygen atoms in total. The largest absolute Gasteiger partial charge is 0.397 e. The number of anilines is 2. The molecule has 0 fully saturated rings. The van der Waals surface area contributed by atoms with E-state index in [1.54, 1.807) is 48.5 Å². The molecule has 0 radical (unpaired) electrons. The van der Waals surface area contributed by atoms with Crippen LogP contribution in [-0.4, -0.2) is 22.4 Å². The fourth-order valence-electron chi connectivity index (χ4n) is 2.69. The molecule has 0 aliphatic heterocycles. The van der Waals surface area contributed by atoms with E-state index in [1.165, 1.54) is 5.06 Å². The average molecular weight is 390 g/mol. The Bertz CT molecular complexity index is 989. The predicted molar refractivity (Wildman–Crippen MR) is 111 cm³/mol. The van der Waals surface area contributed by atoms with Gasteiger partial charge >= 0.3 is 0 Å². The van der Waals surface area contributed by atoms with Gasteiger partial charge in [-0.15, -0.1) is 0 Å². The molecule has 2 amide bonds. The maximum atomic E-state index is 12.4. The summed E-state index contributed by atoms with van der Waals surface area (Å²) in [7, 11) is 0. The van der Waals surface area contributed by atoms with Crippen molar-refractivity contribution in [2.45, 2.75) is 20.1 Å². The Morgan fingerprint density at radius 2 is 1.86 bits per heavy atom. The summed E-state index contributed by atoms with van der Waals surface area (Å²) < 4.78 is 0. The second-order valence-corrected chi connectivity index (χ2v) is 6.46. The number of hydroxylamine groups is 2. The molecule has 0 saturated heterocycles. The SMILES string of the molecule is Cc1cccc(CON(C=O)Cc2ccc(C(=O)Nc3ccccc3N)cc2)n1. The van der Waals surface area contributed by atoms with Gasteiger partial charge in [0.15, 0.2) is 0 Å². The lowest BCUT2D eigenvalue weighted by Gasteiger charge is -2.17. The second-order valence-electron chi connectivity index (χ2n) is 6.46. The molecule has 0 bridgehead atoms. The molecule has 1 heterocycles. The molecule has 7 heteroatoms. The Labute approximate surface area is 169 Å². The van der Waals surface area contributed by atoms with Gasteiger partial charge in [0.25, 0.3) is 5.91 Å². The zero-order chi connectivity index (χ0) is 20.6. The van der Waals surface area contributed by atoms with E-state index in [2.05, 4.69) is 10.3 Å². The lowest BCUT2D eigenvalue weighted by molar-refractivity contribution is -0.181. The molecule has 29 heavy (non-hydrogen) atoms. The number of rotatable bonds is 8. The van der Waals surface area contributed by atoms with Crippen molar-refractivity contribution in [3.8, 4) is 0 Å². The highest BCUT2D eigenvalue weighted by atomic mass is 16.7. The van der Waals surface area contributed by atoms with Gasteiger partial charge in [-0.25, -0.2) is 5.06 Å².